The molecule has 1 atom stereocenters. The van der Waals surface area contributed by atoms with Gasteiger partial charge in [-0.15, -0.1) is 0 Å². The number of Topliss-reactive ketones (excluding diaryl/α,β-unsaturated/α-hetero) is 2. The molecule has 0 radical (unpaired) electrons. The summed E-state index contributed by atoms with van der Waals surface area (Å²) in [5.74, 6) is -1.08. The van der Waals surface area contributed by atoms with Crippen LogP contribution in [-0.2, 0) is 9.59 Å². The molecule has 160 valence electrons. The van der Waals surface area contributed by atoms with Gasteiger partial charge in [0.1, 0.15) is 17.4 Å². The predicted molar refractivity (Wildman–Crippen MR) is 114 cm³/mol. The van der Waals surface area contributed by atoms with Gasteiger partial charge in [0.05, 0.1) is 0 Å². The van der Waals surface area contributed by atoms with E-state index in [1.54, 1.807) is 0 Å². The minimum absolute atomic E-state index is 0.138. The van der Waals surface area contributed by atoms with E-state index in [1.165, 1.54) is 51.4 Å². The van der Waals surface area contributed by atoms with Crippen molar-refractivity contribution in [3.63, 3.8) is 0 Å². The number of rotatable bonds is 16. The molecule has 2 N–H and O–H groups in total. The van der Waals surface area contributed by atoms with Crippen LogP contribution in [-0.4, -0.2) is 27.9 Å². The minimum atomic E-state index is -1.06. The Kier molecular flexibility index (Phi) is 13.6. The molecule has 0 amide bonds. The van der Waals surface area contributed by atoms with Gasteiger partial charge >= 0.3 is 0 Å². The summed E-state index contributed by atoms with van der Waals surface area (Å²) in [6, 6.07) is 0. The zero-order valence-corrected chi connectivity index (χ0v) is 17.8. The summed E-state index contributed by atoms with van der Waals surface area (Å²) in [7, 11) is 0. The highest BCUT2D eigenvalue weighted by molar-refractivity contribution is 6.21. The zero-order chi connectivity index (χ0) is 20.6. The quantitative estimate of drug-likeness (QED) is 0.188. The van der Waals surface area contributed by atoms with E-state index in [1.807, 2.05) is 0 Å². The summed E-state index contributed by atoms with van der Waals surface area (Å²) in [5, 5.41) is 19.4. The average Bonchev–Trinajstić information content (AvgIpc) is 2.68. The van der Waals surface area contributed by atoms with E-state index in [2.05, 4.69) is 19.1 Å². The molecule has 0 saturated heterocycles. The third-order valence-electron chi connectivity index (χ3n) is 5.44. The van der Waals surface area contributed by atoms with Crippen LogP contribution in [0.25, 0.3) is 0 Å². The van der Waals surface area contributed by atoms with Crippen molar-refractivity contribution < 1.29 is 19.8 Å². The Labute approximate surface area is 171 Å². The number of carbonyl (C=O) groups excluding carboxylic acids is 2. The summed E-state index contributed by atoms with van der Waals surface area (Å²) in [5.41, 5.74) is -0.158. The van der Waals surface area contributed by atoms with Gasteiger partial charge in [-0.3, -0.25) is 9.59 Å². The third-order valence-corrected chi connectivity index (χ3v) is 5.44. The number of ketones is 2. The largest absolute Gasteiger partial charge is 0.509 e. The number of carbonyl (C=O) groups is 2. The monoisotopic (exact) mass is 392 g/mol. The molecule has 0 aromatic rings. The molecule has 0 spiro atoms. The first-order valence-corrected chi connectivity index (χ1v) is 11.4. The summed E-state index contributed by atoms with van der Waals surface area (Å²) in [6.45, 7) is 2.25. The van der Waals surface area contributed by atoms with E-state index in [0.717, 1.165) is 32.1 Å². The van der Waals surface area contributed by atoms with E-state index < -0.39 is 11.9 Å². The number of unbranched alkanes of at least 4 members (excludes halogenated alkanes) is 11. The van der Waals surface area contributed by atoms with Crippen LogP contribution in [0.3, 0.4) is 0 Å². The molecular formula is C24H40O4. The molecule has 28 heavy (non-hydrogen) atoms. The van der Waals surface area contributed by atoms with Crippen LogP contribution in [0.15, 0.2) is 23.5 Å². The first-order valence-electron chi connectivity index (χ1n) is 11.4. The Bertz CT molecular complexity index is 519. The van der Waals surface area contributed by atoms with E-state index in [0.29, 0.717) is 0 Å². The first kappa shape index (κ1) is 24.6. The van der Waals surface area contributed by atoms with Gasteiger partial charge in [-0.05, 0) is 38.5 Å². The second-order valence-corrected chi connectivity index (χ2v) is 8.00. The molecule has 1 aliphatic carbocycles. The smallest absolute Gasteiger partial charge is 0.170 e. The summed E-state index contributed by atoms with van der Waals surface area (Å²) in [4.78, 5) is 23.9. The van der Waals surface area contributed by atoms with Crippen molar-refractivity contribution in [2.45, 2.75) is 116 Å². The van der Waals surface area contributed by atoms with Gasteiger partial charge in [0.2, 0.25) is 0 Å². The van der Waals surface area contributed by atoms with Crippen molar-refractivity contribution >= 4 is 11.6 Å². The fraction of sp³-hybridized carbons (Fsp3) is 0.750. The lowest BCUT2D eigenvalue weighted by Gasteiger charge is -2.18. The van der Waals surface area contributed by atoms with Gasteiger partial charge in [0.25, 0.3) is 0 Å². The highest BCUT2D eigenvalue weighted by atomic mass is 16.3. The molecule has 0 fully saturated rings. The van der Waals surface area contributed by atoms with Crippen LogP contribution in [0, 0.1) is 0 Å². The molecule has 1 rings (SSSR count). The molecule has 0 unspecified atom stereocenters. The van der Waals surface area contributed by atoms with Crippen molar-refractivity contribution in [2.75, 3.05) is 0 Å². The Balaban J connectivity index is 1.99. The lowest BCUT2D eigenvalue weighted by atomic mass is 9.89. The van der Waals surface area contributed by atoms with Crippen molar-refractivity contribution in [2.24, 2.45) is 0 Å². The molecule has 0 aromatic heterocycles. The molecule has 4 nitrogen and oxygen atoms in total. The van der Waals surface area contributed by atoms with Crippen molar-refractivity contribution in [3.05, 3.63) is 23.5 Å². The summed E-state index contributed by atoms with van der Waals surface area (Å²) < 4.78 is 0. The molecule has 0 bridgehead atoms. The van der Waals surface area contributed by atoms with E-state index in [9.17, 15) is 19.8 Å². The van der Waals surface area contributed by atoms with Gasteiger partial charge < -0.3 is 10.2 Å². The van der Waals surface area contributed by atoms with Gasteiger partial charge in [-0.25, -0.2) is 0 Å². The molecule has 0 aliphatic heterocycles. The maximum Gasteiger partial charge on any atom is 0.170 e. The number of aliphatic hydroxyl groups is 2. The van der Waals surface area contributed by atoms with Crippen molar-refractivity contribution in [3.8, 4) is 0 Å². The normalized spacial score (nSPS) is 17.6. The second-order valence-electron chi connectivity index (χ2n) is 8.00. The molecular weight excluding hydrogens is 352 g/mol. The average molecular weight is 393 g/mol. The van der Waals surface area contributed by atoms with Crippen LogP contribution in [0.4, 0.5) is 0 Å². The maximum absolute atomic E-state index is 12.1. The van der Waals surface area contributed by atoms with Gasteiger partial charge in [0.15, 0.2) is 11.6 Å². The number of allylic oxidation sites excluding steroid dienone is 3. The predicted octanol–water partition coefficient (Wildman–Crippen LogP) is 6.13. The summed E-state index contributed by atoms with van der Waals surface area (Å²) >= 11 is 0. The SMILES string of the molecule is CCCCCCCCC=CCCCCCCCC(=O)C1=C(O)[C@@H](O)CCC1=O. The lowest BCUT2D eigenvalue weighted by molar-refractivity contribution is -0.123. The van der Waals surface area contributed by atoms with E-state index in [4.69, 9.17) is 0 Å². The van der Waals surface area contributed by atoms with Crippen LogP contribution < -0.4 is 0 Å². The van der Waals surface area contributed by atoms with Gasteiger partial charge in [-0.2, -0.15) is 0 Å². The van der Waals surface area contributed by atoms with Crippen molar-refractivity contribution in [1.82, 2.24) is 0 Å². The molecule has 1 aliphatic rings. The minimum Gasteiger partial charge on any atom is -0.509 e. The first-order chi connectivity index (χ1) is 13.6. The van der Waals surface area contributed by atoms with Crippen LogP contribution >= 0.6 is 0 Å². The standard InChI is InChI=1S/C24H40O4/c1-2-3-4-5-6-7-8-9-10-11-12-13-14-15-16-17-20(25)23-21(26)18-19-22(27)24(23)28/h9-10,22,27-28H,2-8,11-19H2,1H3/t22-/m0/s1. The zero-order valence-electron chi connectivity index (χ0n) is 17.8. The maximum atomic E-state index is 12.1. The van der Waals surface area contributed by atoms with Gasteiger partial charge in [0, 0.05) is 12.8 Å². The Morgan fingerprint density at radius 1 is 0.929 bits per heavy atom. The number of hydrogen-bond donors (Lipinski definition) is 2. The molecule has 0 heterocycles. The van der Waals surface area contributed by atoms with Crippen LogP contribution in [0.5, 0.6) is 0 Å². The molecule has 0 aromatic carbocycles. The highest BCUT2D eigenvalue weighted by Gasteiger charge is 2.30. The van der Waals surface area contributed by atoms with E-state index >= 15 is 0 Å². The Morgan fingerprint density at radius 2 is 1.46 bits per heavy atom. The van der Waals surface area contributed by atoms with E-state index in [-0.39, 0.29) is 36.4 Å². The summed E-state index contributed by atoms with van der Waals surface area (Å²) in [6.07, 6.45) is 19.7. The number of aliphatic hydroxyl groups excluding tert-OH is 2. The second kappa shape index (κ2) is 15.5. The fourth-order valence-corrected chi connectivity index (χ4v) is 3.62. The van der Waals surface area contributed by atoms with Gasteiger partial charge in [-0.1, -0.05) is 70.4 Å². The third kappa shape index (κ3) is 10.2. The highest BCUT2D eigenvalue weighted by Crippen LogP contribution is 2.23. The molecule has 0 saturated carbocycles. The number of hydrogen-bond acceptors (Lipinski definition) is 4. The topological polar surface area (TPSA) is 74.6 Å². The van der Waals surface area contributed by atoms with Crippen LogP contribution in [0.1, 0.15) is 110 Å². The fourth-order valence-electron chi connectivity index (χ4n) is 3.62. The van der Waals surface area contributed by atoms with Crippen LogP contribution in [0.2, 0.25) is 0 Å². The lowest BCUT2D eigenvalue weighted by Crippen LogP contribution is -2.27. The Hall–Kier alpha value is -1.42. The Morgan fingerprint density at radius 3 is 2.07 bits per heavy atom. The van der Waals surface area contributed by atoms with Crippen molar-refractivity contribution in [1.29, 1.82) is 0 Å². The molecule has 4 heteroatoms.